The van der Waals surface area contributed by atoms with Crippen molar-refractivity contribution in [1.29, 1.82) is 0 Å². The van der Waals surface area contributed by atoms with E-state index in [-0.39, 0.29) is 75.8 Å². The largest absolute Gasteiger partial charge is 0.497 e. The Hall–Kier alpha value is -6.24. The maximum atomic E-state index is 14.6. The number of nitrogens with zero attached hydrogens (tertiary/aromatic N) is 1. The van der Waals surface area contributed by atoms with Gasteiger partial charge in [0.1, 0.15) is 29.4 Å². The molecule has 0 saturated heterocycles. The highest BCUT2D eigenvalue weighted by molar-refractivity contribution is 5.97. The first-order valence-electron chi connectivity index (χ1n) is 21.7. The molecule has 63 heavy (non-hydrogen) atoms. The van der Waals surface area contributed by atoms with E-state index in [4.69, 9.17) is 27.7 Å². The molecule has 3 rings (SSSR count). The number of nitrogens with one attached hydrogen (secondary N) is 6. The maximum absolute atomic E-state index is 14.6. The van der Waals surface area contributed by atoms with Gasteiger partial charge in [-0.2, -0.15) is 0 Å². The van der Waals surface area contributed by atoms with Crippen LogP contribution in [-0.2, 0) is 40.0 Å². The van der Waals surface area contributed by atoms with Crippen molar-refractivity contribution in [2.75, 3.05) is 33.3 Å². The van der Waals surface area contributed by atoms with E-state index in [1.807, 2.05) is 37.3 Å². The quantitative estimate of drug-likeness (QED) is 0.0324. The standard InChI is InChI=1S/C44H67N11O8/c1-3-4-15-36(56)50-28-38(58)55-44(22-20-31(21-23-44)30-16-18-32(63-2)19-17-30)42(62)54-35(26-29-11-6-5-7-12-29)41(61)53-34(14-10-25-49-43(47)48)40(60)51-27-37(57)52-33(39(46)59)13-8-9-24-45/h5-7,11-12,16-19,31,33-35H,3-4,8-10,13-15,20-28,45H2,1-2H3,(H2,46,59)(H,50,56)(H,51,60)(H,52,57)(H,53,61)(H,54,62)(H,55,58)(H4,47,48,49). The Morgan fingerprint density at radius 3 is 2.03 bits per heavy atom. The second-order valence-electron chi connectivity index (χ2n) is 15.8. The summed E-state index contributed by atoms with van der Waals surface area (Å²) in [7, 11) is 1.59. The molecule has 1 saturated carbocycles. The lowest BCUT2D eigenvalue weighted by atomic mass is 9.73. The van der Waals surface area contributed by atoms with Crippen LogP contribution in [0.4, 0.5) is 0 Å². The molecule has 2 aromatic rings. The Morgan fingerprint density at radius 1 is 0.746 bits per heavy atom. The number of ether oxygens (including phenoxy) is 1. The predicted molar refractivity (Wildman–Crippen MR) is 239 cm³/mol. The molecule has 19 heteroatoms. The summed E-state index contributed by atoms with van der Waals surface area (Å²) in [5.41, 5.74) is 22.3. The topological polar surface area (TPSA) is 317 Å². The molecule has 19 nitrogen and oxygen atoms in total. The second-order valence-corrected chi connectivity index (χ2v) is 15.8. The highest BCUT2D eigenvalue weighted by atomic mass is 16.5. The van der Waals surface area contributed by atoms with Crippen molar-refractivity contribution in [1.82, 2.24) is 31.9 Å². The Labute approximate surface area is 369 Å². The van der Waals surface area contributed by atoms with Gasteiger partial charge in [0, 0.05) is 19.4 Å². The van der Waals surface area contributed by atoms with Crippen LogP contribution in [0.1, 0.15) is 101 Å². The van der Waals surface area contributed by atoms with E-state index < -0.39 is 65.7 Å². The number of nitrogens with two attached hydrogens (primary N) is 4. The maximum Gasteiger partial charge on any atom is 0.246 e. The monoisotopic (exact) mass is 878 g/mol. The average molecular weight is 878 g/mol. The van der Waals surface area contributed by atoms with Gasteiger partial charge in [-0.25, -0.2) is 0 Å². The van der Waals surface area contributed by atoms with E-state index in [1.54, 1.807) is 31.4 Å². The van der Waals surface area contributed by atoms with E-state index in [1.165, 1.54) is 0 Å². The van der Waals surface area contributed by atoms with Crippen LogP contribution in [0.5, 0.6) is 5.75 Å². The molecule has 0 bridgehead atoms. The van der Waals surface area contributed by atoms with Crippen LogP contribution < -0.4 is 59.6 Å². The molecule has 0 aliphatic heterocycles. The summed E-state index contributed by atoms with van der Waals surface area (Å²) < 4.78 is 5.32. The first-order chi connectivity index (χ1) is 30.2. The minimum atomic E-state index is -1.44. The van der Waals surface area contributed by atoms with Gasteiger partial charge in [0.2, 0.25) is 41.4 Å². The summed E-state index contributed by atoms with van der Waals surface area (Å²) in [5, 5.41) is 16.2. The summed E-state index contributed by atoms with van der Waals surface area (Å²) in [6.07, 6.45) is 5.02. The fourth-order valence-electron chi connectivity index (χ4n) is 7.36. The highest BCUT2D eigenvalue weighted by Crippen LogP contribution is 2.39. The lowest BCUT2D eigenvalue weighted by Gasteiger charge is -2.40. The smallest absolute Gasteiger partial charge is 0.246 e. The summed E-state index contributed by atoms with van der Waals surface area (Å²) in [6.45, 7) is 1.64. The number of carbonyl (C=O) groups excluding carboxylic acids is 7. The summed E-state index contributed by atoms with van der Waals surface area (Å²) in [5.74, 6) is -3.63. The number of rotatable bonds is 27. The van der Waals surface area contributed by atoms with Crippen LogP contribution in [0, 0.1) is 0 Å². The van der Waals surface area contributed by atoms with E-state index in [9.17, 15) is 33.6 Å². The zero-order valence-corrected chi connectivity index (χ0v) is 36.5. The number of hydrogen-bond donors (Lipinski definition) is 10. The number of unbranched alkanes of at least 4 members (excludes halogenated alkanes) is 2. The number of guanidine groups is 1. The van der Waals surface area contributed by atoms with Gasteiger partial charge in [0.15, 0.2) is 5.96 Å². The van der Waals surface area contributed by atoms with E-state index >= 15 is 0 Å². The third-order valence-electron chi connectivity index (χ3n) is 11.0. The molecule has 0 spiro atoms. The number of carbonyl (C=O) groups is 7. The molecule has 0 heterocycles. The van der Waals surface area contributed by atoms with Crippen molar-refractivity contribution in [3.05, 3.63) is 65.7 Å². The van der Waals surface area contributed by atoms with Crippen LogP contribution in [0.2, 0.25) is 0 Å². The van der Waals surface area contributed by atoms with Gasteiger partial charge in [0.25, 0.3) is 0 Å². The molecule has 1 aliphatic rings. The molecule has 7 amide bonds. The lowest BCUT2D eigenvalue weighted by Crippen LogP contribution is -2.64. The Bertz CT molecular complexity index is 1830. The van der Waals surface area contributed by atoms with Gasteiger partial charge < -0.3 is 59.6 Å². The zero-order valence-electron chi connectivity index (χ0n) is 36.5. The molecule has 1 fully saturated rings. The average Bonchev–Trinajstić information content (AvgIpc) is 3.27. The molecule has 346 valence electrons. The van der Waals surface area contributed by atoms with Gasteiger partial charge in [-0.05, 0) is 99.9 Å². The van der Waals surface area contributed by atoms with E-state index in [0.29, 0.717) is 50.0 Å². The van der Waals surface area contributed by atoms with Crippen LogP contribution in [-0.4, -0.2) is 104 Å². The SMILES string of the molecule is CCCCC(=O)NCC(=O)NC1(C(=O)NC(Cc2ccccc2)C(=O)NC(CCCN=C(N)N)C(=O)NCC(=O)NC(CCCCN)C(N)=O)CCC(c2ccc(OC)cc2)CC1. The van der Waals surface area contributed by atoms with Crippen LogP contribution in [0.3, 0.4) is 0 Å². The molecule has 3 atom stereocenters. The molecule has 2 aromatic carbocycles. The minimum absolute atomic E-state index is 0.0216. The zero-order chi connectivity index (χ0) is 46.2. The van der Waals surface area contributed by atoms with Crippen LogP contribution >= 0.6 is 0 Å². The molecule has 3 unspecified atom stereocenters. The first-order valence-corrected chi connectivity index (χ1v) is 21.7. The van der Waals surface area contributed by atoms with Crippen LogP contribution in [0.25, 0.3) is 0 Å². The fourth-order valence-corrected chi connectivity index (χ4v) is 7.36. The van der Waals surface area contributed by atoms with Crippen molar-refractivity contribution >= 4 is 47.3 Å². The number of primary amides is 1. The van der Waals surface area contributed by atoms with Crippen molar-refractivity contribution in [3.8, 4) is 5.75 Å². The van der Waals surface area contributed by atoms with Crippen LogP contribution in [0.15, 0.2) is 59.6 Å². The third-order valence-corrected chi connectivity index (χ3v) is 11.0. The van der Waals surface area contributed by atoms with Crippen molar-refractivity contribution in [2.45, 2.75) is 120 Å². The molecular formula is C44H67N11O8. The number of hydrogen-bond acceptors (Lipinski definition) is 10. The molecule has 1 aliphatic carbocycles. The molecular weight excluding hydrogens is 811 g/mol. The number of amides is 7. The van der Waals surface area contributed by atoms with Gasteiger partial charge >= 0.3 is 0 Å². The van der Waals surface area contributed by atoms with Gasteiger partial charge in [-0.3, -0.25) is 38.6 Å². The van der Waals surface area contributed by atoms with E-state index in [0.717, 1.165) is 12.0 Å². The summed E-state index contributed by atoms with van der Waals surface area (Å²) in [4.78, 5) is 97.2. The Balaban J connectivity index is 1.87. The van der Waals surface area contributed by atoms with Gasteiger partial charge in [-0.1, -0.05) is 55.8 Å². The van der Waals surface area contributed by atoms with Crippen molar-refractivity contribution in [3.63, 3.8) is 0 Å². The number of aliphatic imine (C=N–C) groups is 1. The predicted octanol–water partition coefficient (Wildman–Crippen LogP) is -0.00460. The summed E-state index contributed by atoms with van der Waals surface area (Å²) in [6, 6.07) is 13.2. The van der Waals surface area contributed by atoms with E-state index in [2.05, 4.69) is 36.9 Å². The number of benzene rings is 2. The van der Waals surface area contributed by atoms with Crippen molar-refractivity contribution < 1.29 is 38.3 Å². The second kappa shape index (κ2) is 27.0. The van der Waals surface area contributed by atoms with Crippen molar-refractivity contribution in [2.24, 2.45) is 27.9 Å². The first kappa shape index (κ1) is 51.1. The van der Waals surface area contributed by atoms with Gasteiger partial charge in [-0.15, -0.1) is 0 Å². The Kier molecular flexibility index (Phi) is 21.9. The Morgan fingerprint density at radius 2 is 1.41 bits per heavy atom. The highest BCUT2D eigenvalue weighted by Gasteiger charge is 2.45. The number of methoxy groups -OCH3 is 1. The summed E-state index contributed by atoms with van der Waals surface area (Å²) >= 11 is 0. The lowest BCUT2D eigenvalue weighted by molar-refractivity contribution is -0.138. The fraction of sp³-hybridized carbons (Fsp3) is 0.545. The third kappa shape index (κ3) is 17.9. The molecule has 14 N–H and O–H groups in total. The van der Waals surface area contributed by atoms with Gasteiger partial charge in [0.05, 0.1) is 20.2 Å². The normalized spacial score (nSPS) is 17.1. The molecule has 0 aromatic heterocycles. The minimum Gasteiger partial charge on any atom is -0.497 e. The molecule has 0 radical (unpaired) electrons.